The zero-order valence-electron chi connectivity index (χ0n) is 12.7. The number of nitrogens with two attached hydrogens (primary N) is 2. The molecule has 0 heterocycles. The van der Waals surface area contributed by atoms with E-state index in [9.17, 15) is 0 Å². The molecular formula is C17H20N2O2S. The lowest BCUT2D eigenvalue weighted by atomic mass is 9.96. The van der Waals surface area contributed by atoms with Crippen LogP contribution >= 0.6 is 12.2 Å². The molecule has 0 amide bonds. The Hall–Kier alpha value is -2.27. The van der Waals surface area contributed by atoms with Gasteiger partial charge in [-0.25, -0.2) is 0 Å². The van der Waals surface area contributed by atoms with E-state index in [4.69, 9.17) is 33.2 Å². The molecule has 2 rings (SSSR count). The van der Waals surface area contributed by atoms with Crippen LogP contribution in [0.5, 0.6) is 11.5 Å². The first kappa shape index (κ1) is 16.1. The molecule has 0 aliphatic carbocycles. The second kappa shape index (κ2) is 6.66. The molecule has 5 heteroatoms. The van der Waals surface area contributed by atoms with E-state index < -0.39 is 5.41 Å². The van der Waals surface area contributed by atoms with E-state index in [2.05, 4.69) is 0 Å². The van der Waals surface area contributed by atoms with Gasteiger partial charge in [-0.3, -0.25) is 0 Å². The van der Waals surface area contributed by atoms with Crippen molar-refractivity contribution in [1.82, 2.24) is 0 Å². The van der Waals surface area contributed by atoms with Gasteiger partial charge in [-0.1, -0.05) is 0 Å². The first-order valence-electron chi connectivity index (χ1n) is 6.93. The van der Waals surface area contributed by atoms with Crippen LogP contribution in [0.3, 0.4) is 0 Å². The second-order valence-corrected chi connectivity index (χ2v) is 6.07. The first-order chi connectivity index (χ1) is 10.4. The van der Waals surface area contributed by atoms with Crippen molar-refractivity contribution >= 4 is 28.6 Å². The highest BCUT2D eigenvalue weighted by Crippen LogP contribution is 2.24. The Balaban J connectivity index is 1.95. The van der Waals surface area contributed by atoms with Crippen molar-refractivity contribution in [1.29, 1.82) is 0 Å². The van der Waals surface area contributed by atoms with Crippen LogP contribution in [-0.4, -0.2) is 11.7 Å². The topological polar surface area (TPSA) is 70.5 Å². The number of thiocarbonyl (C=S) groups is 1. The van der Waals surface area contributed by atoms with E-state index in [0.717, 1.165) is 5.75 Å². The maximum Gasteiger partial charge on any atom is 0.176 e. The van der Waals surface area contributed by atoms with Crippen LogP contribution in [0.2, 0.25) is 0 Å². The Morgan fingerprint density at radius 3 is 1.86 bits per heavy atom. The Kier molecular flexibility index (Phi) is 4.88. The third-order valence-electron chi connectivity index (χ3n) is 3.12. The SMILES string of the molecule is CC(C)(COc1ccc(N)cc1)C(=S)Oc1ccc(N)cc1. The van der Waals surface area contributed by atoms with Crippen molar-refractivity contribution in [3.05, 3.63) is 48.5 Å². The number of nitrogen functional groups attached to an aromatic ring is 2. The normalized spacial score (nSPS) is 11.0. The Labute approximate surface area is 136 Å². The van der Waals surface area contributed by atoms with Gasteiger partial charge in [0.1, 0.15) is 18.1 Å². The van der Waals surface area contributed by atoms with E-state index in [0.29, 0.717) is 28.8 Å². The predicted octanol–water partition coefficient (Wildman–Crippen LogP) is 3.66. The molecular weight excluding hydrogens is 296 g/mol. The zero-order chi connectivity index (χ0) is 16.2. The standard InChI is InChI=1S/C17H20N2O2S/c1-17(2,11-20-14-7-3-12(18)4-8-14)16(22)21-15-9-5-13(19)6-10-15/h3-10H,11,18-19H2,1-2H3. The number of hydrogen-bond acceptors (Lipinski definition) is 5. The highest BCUT2D eigenvalue weighted by molar-refractivity contribution is 7.80. The third kappa shape index (κ3) is 4.36. The molecule has 0 fully saturated rings. The maximum atomic E-state index is 5.76. The fraction of sp³-hybridized carbons (Fsp3) is 0.235. The number of hydrogen-bond donors (Lipinski definition) is 2. The molecule has 0 unspecified atom stereocenters. The molecule has 0 radical (unpaired) electrons. The molecule has 0 aliphatic rings. The first-order valence-corrected chi connectivity index (χ1v) is 7.34. The van der Waals surface area contributed by atoms with Crippen LogP contribution in [0.15, 0.2) is 48.5 Å². The molecule has 0 saturated heterocycles. The number of rotatable bonds is 5. The van der Waals surface area contributed by atoms with E-state index in [1.54, 1.807) is 36.4 Å². The summed E-state index contributed by atoms with van der Waals surface area (Å²) in [6.45, 7) is 4.36. The van der Waals surface area contributed by atoms with Gasteiger partial charge in [0.15, 0.2) is 5.05 Å². The van der Waals surface area contributed by atoms with Gasteiger partial charge < -0.3 is 20.9 Å². The van der Waals surface area contributed by atoms with Crippen molar-refractivity contribution in [3.63, 3.8) is 0 Å². The maximum absolute atomic E-state index is 5.76. The molecule has 2 aromatic rings. The summed E-state index contributed by atoms with van der Waals surface area (Å²) >= 11 is 5.39. The van der Waals surface area contributed by atoms with E-state index >= 15 is 0 Å². The van der Waals surface area contributed by atoms with Crippen LogP contribution in [0, 0.1) is 5.41 Å². The van der Waals surface area contributed by atoms with Gasteiger partial charge in [-0.15, -0.1) is 0 Å². The molecule has 0 spiro atoms. The van der Waals surface area contributed by atoms with E-state index in [1.165, 1.54) is 0 Å². The molecule has 22 heavy (non-hydrogen) atoms. The van der Waals surface area contributed by atoms with Crippen LogP contribution in [0.4, 0.5) is 11.4 Å². The van der Waals surface area contributed by atoms with E-state index in [1.807, 2.05) is 26.0 Å². The molecule has 2 aromatic carbocycles. The van der Waals surface area contributed by atoms with Gasteiger partial charge in [0.25, 0.3) is 0 Å². The molecule has 0 saturated carbocycles. The average Bonchev–Trinajstić information content (AvgIpc) is 2.49. The van der Waals surface area contributed by atoms with Gasteiger partial charge in [-0.05, 0) is 74.6 Å². The summed E-state index contributed by atoms with van der Waals surface area (Å²) in [6.07, 6.45) is 0. The fourth-order valence-electron chi connectivity index (χ4n) is 1.67. The minimum atomic E-state index is -0.419. The summed E-state index contributed by atoms with van der Waals surface area (Å²) in [7, 11) is 0. The third-order valence-corrected chi connectivity index (χ3v) is 3.76. The Morgan fingerprint density at radius 2 is 1.36 bits per heavy atom. The quantitative estimate of drug-likeness (QED) is 0.650. The van der Waals surface area contributed by atoms with Gasteiger partial charge in [0.2, 0.25) is 0 Å². The Bertz CT molecular complexity index is 637. The minimum absolute atomic E-state index is 0.407. The lowest BCUT2D eigenvalue weighted by Crippen LogP contribution is -2.33. The number of benzene rings is 2. The fourth-order valence-corrected chi connectivity index (χ4v) is 1.82. The molecule has 0 aliphatic heterocycles. The average molecular weight is 316 g/mol. The van der Waals surface area contributed by atoms with Crippen molar-refractivity contribution in [3.8, 4) is 11.5 Å². The monoisotopic (exact) mass is 316 g/mol. The second-order valence-electron chi connectivity index (χ2n) is 5.70. The van der Waals surface area contributed by atoms with Crippen LogP contribution in [0.25, 0.3) is 0 Å². The summed E-state index contributed by atoms with van der Waals surface area (Å²) in [6, 6.07) is 14.4. The van der Waals surface area contributed by atoms with Crippen LogP contribution in [-0.2, 0) is 0 Å². The lowest BCUT2D eigenvalue weighted by molar-refractivity contribution is 0.222. The molecule has 4 nitrogen and oxygen atoms in total. The smallest absolute Gasteiger partial charge is 0.176 e. The van der Waals surface area contributed by atoms with Crippen LogP contribution < -0.4 is 20.9 Å². The van der Waals surface area contributed by atoms with Crippen molar-refractivity contribution in [2.24, 2.45) is 5.41 Å². The lowest BCUT2D eigenvalue weighted by Gasteiger charge is -2.25. The molecule has 0 aromatic heterocycles. The summed E-state index contributed by atoms with van der Waals surface area (Å²) < 4.78 is 11.5. The molecule has 0 bridgehead atoms. The molecule has 0 atom stereocenters. The largest absolute Gasteiger partial charge is 0.493 e. The van der Waals surface area contributed by atoms with Gasteiger partial charge in [-0.2, -0.15) is 0 Å². The zero-order valence-corrected chi connectivity index (χ0v) is 13.5. The van der Waals surface area contributed by atoms with Crippen LogP contribution in [0.1, 0.15) is 13.8 Å². The molecule has 116 valence electrons. The summed E-state index contributed by atoms with van der Waals surface area (Å²) in [5.41, 5.74) is 12.3. The Morgan fingerprint density at radius 1 is 0.909 bits per heavy atom. The number of ether oxygens (including phenoxy) is 2. The van der Waals surface area contributed by atoms with Crippen molar-refractivity contribution in [2.45, 2.75) is 13.8 Å². The number of anilines is 2. The highest BCUT2D eigenvalue weighted by Gasteiger charge is 2.27. The summed E-state index contributed by atoms with van der Waals surface area (Å²) in [4.78, 5) is 0. The van der Waals surface area contributed by atoms with Gasteiger partial charge in [0, 0.05) is 11.4 Å². The van der Waals surface area contributed by atoms with Crippen molar-refractivity contribution < 1.29 is 9.47 Å². The minimum Gasteiger partial charge on any atom is -0.493 e. The summed E-state index contributed by atoms with van der Waals surface area (Å²) in [5.74, 6) is 1.41. The molecule has 4 N–H and O–H groups in total. The van der Waals surface area contributed by atoms with Crippen molar-refractivity contribution in [2.75, 3.05) is 18.1 Å². The highest BCUT2D eigenvalue weighted by atomic mass is 32.1. The predicted molar refractivity (Wildman–Crippen MR) is 94.2 cm³/mol. The van der Waals surface area contributed by atoms with Gasteiger partial charge in [0.05, 0.1) is 5.41 Å². The van der Waals surface area contributed by atoms with Gasteiger partial charge >= 0.3 is 0 Å². The van der Waals surface area contributed by atoms with E-state index in [-0.39, 0.29) is 0 Å². The summed E-state index contributed by atoms with van der Waals surface area (Å²) in [5, 5.41) is 0.465.